The number of rotatable bonds is 5. The largest absolute Gasteiger partial charge is 0.342 e. The van der Waals surface area contributed by atoms with E-state index in [1.807, 2.05) is 34.9 Å². The van der Waals surface area contributed by atoms with Crippen molar-refractivity contribution in [1.82, 2.24) is 14.7 Å². The molecule has 0 radical (unpaired) electrons. The van der Waals surface area contributed by atoms with Gasteiger partial charge in [-0.2, -0.15) is 0 Å². The van der Waals surface area contributed by atoms with Gasteiger partial charge in [0.1, 0.15) is 0 Å². The molecule has 3 aliphatic rings. The van der Waals surface area contributed by atoms with Crippen molar-refractivity contribution in [2.45, 2.75) is 36.6 Å². The summed E-state index contributed by atoms with van der Waals surface area (Å²) < 4.78 is 0. The van der Waals surface area contributed by atoms with Crippen LogP contribution in [0.25, 0.3) is 0 Å². The van der Waals surface area contributed by atoms with Gasteiger partial charge in [-0.15, -0.1) is 11.8 Å². The molecule has 3 heterocycles. The molecular formula is C28H36N4O2S. The Morgan fingerprint density at radius 2 is 1.31 bits per heavy atom. The fraction of sp³-hybridized carbons (Fsp3) is 0.500. The molecule has 3 aliphatic heterocycles. The third-order valence-electron chi connectivity index (χ3n) is 7.43. The lowest BCUT2D eigenvalue weighted by Gasteiger charge is -2.40. The van der Waals surface area contributed by atoms with Crippen LogP contribution in [0.4, 0.5) is 5.69 Å². The van der Waals surface area contributed by atoms with E-state index in [0.717, 1.165) is 63.6 Å². The highest BCUT2D eigenvalue weighted by Crippen LogP contribution is 2.43. The molecule has 0 unspecified atom stereocenters. The number of hydrogen-bond donors (Lipinski definition) is 0. The Bertz CT molecular complexity index is 1000. The van der Waals surface area contributed by atoms with Crippen molar-refractivity contribution in [2.75, 3.05) is 63.0 Å². The van der Waals surface area contributed by atoms with Gasteiger partial charge in [0.05, 0.1) is 24.8 Å². The minimum Gasteiger partial charge on any atom is -0.342 e. The van der Waals surface area contributed by atoms with E-state index in [1.165, 1.54) is 23.3 Å². The van der Waals surface area contributed by atoms with Gasteiger partial charge in [-0.05, 0) is 30.5 Å². The van der Waals surface area contributed by atoms with E-state index in [1.54, 1.807) is 0 Å². The second kappa shape index (κ2) is 11.6. The van der Waals surface area contributed by atoms with E-state index < -0.39 is 0 Å². The number of hydrogen-bond acceptors (Lipinski definition) is 5. The Balaban J connectivity index is 1.20. The minimum absolute atomic E-state index is 0.0381. The summed E-state index contributed by atoms with van der Waals surface area (Å²) in [4.78, 5) is 36.3. The second-order valence-corrected chi connectivity index (χ2v) is 10.9. The molecule has 0 spiro atoms. The van der Waals surface area contributed by atoms with Gasteiger partial charge < -0.3 is 9.80 Å². The maximum absolute atomic E-state index is 13.7. The first-order chi connectivity index (χ1) is 17.2. The van der Waals surface area contributed by atoms with Crippen LogP contribution in [0.2, 0.25) is 0 Å². The number of likely N-dealkylation sites (tertiary alicyclic amines) is 1. The van der Waals surface area contributed by atoms with Crippen molar-refractivity contribution in [3.05, 3.63) is 60.2 Å². The SMILES string of the molecule is O=C(CN1CCN(CC(=O)N2c3ccccc3SC[C@@H]2c2ccccc2)CC1)N1CCCCCC1. The molecule has 0 bridgehead atoms. The molecule has 7 heteroatoms. The zero-order valence-corrected chi connectivity index (χ0v) is 21.3. The molecule has 186 valence electrons. The summed E-state index contributed by atoms with van der Waals surface area (Å²) in [5, 5.41) is 0. The van der Waals surface area contributed by atoms with Crippen molar-refractivity contribution in [3.63, 3.8) is 0 Å². The van der Waals surface area contributed by atoms with Crippen LogP contribution in [-0.2, 0) is 9.59 Å². The maximum Gasteiger partial charge on any atom is 0.241 e. The number of carbonyl (C=O) groups excluding carboxylic acids is 2. The van der Waals surface area contributed by atoms with E-state index in [0.29, 0.717) is 13.1 Å². The summed E-state index contributed by atoms with van der Waals surface area (Å²) in [6, 6.07) is 18.7. The standard InChI is InChI=1S/C28H36N4O2S/c33-27(31-14-8-1-2-9-15-31)20-29-16-18-30(19-17-29)21-28(34)32-24-12-6-7-13-26(24)35-22-25(32)23-10-4-3-5-11-23/h3-7,10-13,25H,1-2,8-9,14-22H2/t25-/m1/s1. The second-order valence-electron chi connectivity index (χ2n) is 9.82. The number of benzene rings is 2. The first kappa shape index (κ1) is 24.3. The third kappa shape index (κ3) is 5.90. The summed E-state index contributed by atoms with van der Waals surface area (Å²) in [5.74, 6) is 1.28. The highest BCUT2D eigenvalue weighted by molar-refractivity contribution is 7.99. The van der Waals surface area contributed by atoms with Crippen LogP contribution in [0.5, 0.6) is 0 Å². The molecule has 2 aromatic carbocycles. The zero-order chi connectivity index (χ0) is 24.0. The molecule has 2 saturated heterocycles. The summed E-state index contributed by atoms with van der Waals surface area (Å²) in [6.07, 6.45) is 4.73. The molecule has 35 heavy (non-hydrogen) atoms. The maximum atomic E-state index is 13.7. The normalized spacial score (nSPS) is 21.9. The number of fused-ring (bicyclic) bond motifs is 1. The summed E-state index contributed by atoms with van der Waals surface area (Å²) in [6.45, 7) is 6.04. The molecule has 0 aliphatic carbocycles. The van der Waals surface area contributed by atoms with Gasteiger partial charge in [-0.3, -0.25) is 19.4 Å². The van der Waals surface area contributed by atoms with Gasteiger partial charge in [0, 0.05) is 49.9 Å². The number of para-hydroxylation sites is 1. The first-order valence-electron chi connectivity index (χ1n) is 13.0. The lowest BCUT2D eigenvalue weighted by Crippen LogP contribution is -2.53. The number of nitrogens with zero attached hydrogens (tertiary/aromatic N) is 4. The van der Waals surface area contributed by atoms with Crippen LogP contribution in [0.1, 0.15) is 37.3 Å². The van der Waals surface area contributed by atoms with Gasteiger partial charge in [-0.25, -0.2) is 0 Å². The van der Waals surface area contributed by atoms with E-state index in [4.69, 9.17) is 0 Å². The van der Waals surface area contributed by atoms with Crippen LogP contribution in [-0.4, -0.2) is 84.6 Å². The fourth-order valence-electron chi connectivity index (χ4n) is 5.40. The molecule has 2 aromatic rings. The van der Waals surface area contributed by atoms with Gasteiger partial charge >= 0.3 is 0 Å². The van der Waals surface area contributed by atoms with Gasteiger partial charge in [0.2, 0.25) is 11.8 Å². The van der Waals surface area contributed by atoms with Gasteiger partial charge in [0.15, 0.2) is 0 Å². The highest BCUT2D eigenvalue weighted by Gasteiger charge is 2.33. The molecule has 0 N–H and O–H groups in total. The van der Waals surface area contributed by atoms with E-state index in [-0.39, 0.29) is 17.9 Å². The predicted octanol–water partition coefficient (Wildman–Crippen LogP) is 3.89. The van der Waals surface area contributed by atoms with E-state index >= 15 is 0 Å². The highest BCUT2D eigenvalue weighted by atomic mass is 32.2. The van der Waals surface area contributed by atoms with Crippen LogP contribution >= 0.6 is 11.8 Å². The number of thioether (sulfide) groups is 1. The summed E-state index contributed by atoms with van der Waals surface area (Å²) >= 11 is 1.83. The smallest absolute Gasteiger partial charge is 0.241 e. The van der Waals surface area contributed by atoms with Gasteiger partial charge in [0.25, 0.3) is 0 Å². The Morgan fingerprint density at radius 3 is 2.00 bits per heavy atom. The molecular weight excluding hydrogens is 456 g/mol. The molecule has 1 atom stereocenters. The van der Waals surface area contributed by atoms with Crippen molar-refractivity contribution in [2.24, 2.45) is 0 Å². The quantitative estimate of drug-likeness (QED) is 0.634. The van der Waals surface area contributed by atoms with Crippen molar-refractivity contribution >= 4 is 29.3 Å². The van der Waals surface area contributed by atoms with E-state index in [9.17, 15) is 9.59 Å². The Kier molecular flexibility index (Phi) is 8.06. The van der Waals surface area contributed by atoms with Crippen LogP contribution in [0, 0.1) is 0 Å². The Hall–Kier alpha value is -2.35. The fourth-order valence-corrected chi connectivity index (χ4v) is 6.57. The van der Waals surface area contributed by atoms with Crippen LogP contribution in [0.3, 0.4) is 0 Å². The molecule has 5 rings (SSSR count). The summed E-state index contributed by atoms with van der Waals surface area (Å²) in [7, 11) is 0. The number of anilines is 1. The average Bonchev–Trinajstić information content (AvgIpc) is 3.19. The molecule has 6 nitrogen and oxygen atoms in total. The van der Waals surface area contributed by atoms with Gasteiger partial charge in [-0.1, -0.05) is 55.3 Å². The number of carbonyl (C=O) groups is 2. The lowest BCUT2D eigenvalue weighted by molar-refractivity contribution is -0.133. The molecule has 2 fully saturated rings. The monoisotopic (exact) mass is 492 g/mol. The molecule has 2 amide bonds. The van der Waals surface area contributed by atoms with Crippen molar-refractivity contribution < 1.29 is 9.59 Å². The average molecular weight is 493 g/mol. The van der Waals surface area contributed by atoms with Crippen molar-refractivity contribution in [3.8, 4) is 0 Å². The minimum atomic E-state index is 0.0381. The number of piperazine rings is 1. The number of amides is 2. The van der Waals surface area contributed by atoms with E-state index in [2.05, 4.69) is 51.1 Å². The topological polar surface area (TPSA) is 47.1 Å². The van der Waals surface area contributed by atoms with Crippen LogP contribution < -0.4 is 4.90 Å². The molecule has 0 saturated carbocycles. The lowest BCUT2D eigenvalue weighted by atomic mass is 10.1. The van der Waals surface area contributed by atoms with Crippen LogP contribution in [0.15, 0.2) is 59.5 Å². The Labute approximate surface area is 213 Å². The molecule has 0 aromatic heterocycles. The Morgan fingerprint density at radius 1 is 0.714 bits per heavy atom. The first-order valence-corrected chi connectivity index (χ1v) is 14.0. The summed E-state index contributed by atoms with van der Waals surface area (Å²) in [5.41, 5.74) is 2.20. The zero-order valence-electron chi connectivity index (χ0n) is 20.5. The van der Waals surface area contributed by atoms with Crippen molar-refractivity contribution in [1.29, 1.82) is 0 Å². The predicted molar refractivity (Wildman–Crippen MR) is 142 cm³/mol. The third-order valence-corrected chi connectivity index (χ3v) is 8.57.